The van der Waals surface area contributed by atoms with E-state index in [2.05, 4.69) is 0 Å². The number of carbonyl (C=O) groups is 1. The van der Waals surface area contributed by atoms with Gasteiger partial charge in [-0.3, -0.25) is 4.79 Å². The minimum Gasteiger partial charge on any atom is -0.461 e. The summed E-state index contributed by atoms with van der Waals surface area (Å²) in [5.41, 5.74) is 4.48. The van der Waals surface area contributed by atoms with Crippen LogP contribution in [0, 0.1) is 6.92 Å². The van der Waals surface area contributed by atoms with Crippen molar-refractivity contribution in [3.05, 3.63) is 99.0 Å². The molecule has 2 heterocycles. The summed E-state index contributed by atoms with van der Waals surface area (Å²) in [6, 6.07) is 20.4. The van der Waals surface area contributed by atoms with Crippen LogP contribution < -0.4 is 4.74 Å². The van der Waals surface area contributed by atoms with Crippen LogP contribution in [-0.2, 0) is 0 Å². The topological polar surface area (TPSA) is 41.9 Å². The van der Waals surface area contributed by atoms with E-state index >= 15 is 0 Å². The zero-order valence-electron chi connectivity index (χ0n) is 16.2. The Morgan fingerprint density at radius 1 is 1.00 bits per heavy atom. The number of benzene rings is 3. The molecule has 3 aromatic rings. The Kier molecular flexibility index (Phi) is 4.76. The molecule has 150 valence electrons. The maximum absolute atomic E-state index is 13.3. The number of hydrogen-bond acceptors (Lipinski definition) is 4. The summed E-state index contributed by atoms with van der Waals surface area (Å²) in [4.78, 5) is 13.3. The largest absolute Gasteiger partial charge is 0.461 e. The van der Waals surface area contributed by atoms with Crippen molar-refractivity contribution < 1.29 is 9.53 Å². The normalized spacial score (nSPS) is 19.6. The zero-order valence-corrected chi connectivity index (χ0v) is 17.7. The maximum atomic E-state index is 13.3. The zero-order chi connectivity index (χ0) is 20.8. The molecule has 0 N–H and O–H groups in total. The lowest BCUT2D eigenvalue weighted by Gasteiger charge is -2.37. The van der Waals surface area contributed by atoms with Gasteiger partial charge in [-0.1, -0.05) is 65.2 Å². The minimum absolute atomic E-state index is 0.123. The molecule has 3 aromatic carbocycles. The summed E-state index contributed by atoms with van der Waals surface area (Å²) >= 11 is 12.3. The molecule has 0 bridgehead atoms. The van der Waals surface area contributed by atoms with E-state index in [1.54, 1.807) is 11.1 Å². The van der Waals surface area contributed by atoms with E-state index in [0.29, 0.717) is 27.8 Å². The van der Waals surface area contributed by atoms with Gasteiger partial charge in [-0.15, -0.1) is 0 Å². The highest BCUT2D eigenvalue weighted by Crippen LogP contribution is 2.44. The predicted molar refractivity (Wildman–Crippen MR) is 119 cm³/mol. The molecule has 4 nitrogen and oxygen atoms in total. The Morgan fingerprint density at radius 3 is 2.43 bits per heavy atom. The van der Waals surface area contributed by atoms with Gasteiger partial charge in [0, 0.05) is 27.6 Å². The van der Waals surface area contributed by atoms with Crippen LogP contribution >= 0.6 is 23.2 Å². The van der Waals surface area contributed by atoms with Crippen LogP contribution in [0.25, 0.3) is 0 Å². The highest BCUT2D eigenvalue weighted by atomic mass is 35.5. The number of Topliss-reactive ketones (excluding diaryl/α,β-unsaturated/α-hetero) is 1. The highest BCUT2D eigenvalue weighted by Gasteiger charge is 2.43. The lowest BCUT2D eigenvalue weighted by atomic mass is 9.95. The monoisotopic (exact) mass is 436 g/mol. The Hall–Kier alpha value is -2.82. The van der Waals surface area contributed by atoms with E-state index in [4.69, 9.17) is 33.0 Å². The Labute approximate surface area is 184 Å². The van der Waals surface area contributed by atoms with Crippen LogP contribution in [-0.4, -0.2) is 22.7 Å². The molecule has 0 fully saturated rings. The van der Waals surface area contributed by atoms with Crippen molar-refractivity contribution >= 4 is 34.7 Å². The Balaban J connectivity index is 1.57. The fourth-order valence-corrected chi connectivity index (χ4v) is 4.21. The van der Waals surface area contributed by atoms with Crippen LogP contribution in [0.1, 0.15) is 39.5 Å². The van der Waals surface area contributed by atoms with E-state index in [9.17, 15) is 4.79 Å². The molecule has 0 spiro atoms. The smallest absolute Gasteiger partial charge is 0.251 e. The van der Waals surface area contributed by atoms with Crippen molar-refractivity contribution in [1.82, 2.24) is 5.01 Å². The molecule has 0 aliphatic carbocycles. The van der Waals surface area contributed by atoms with Gasteiger partial charge in [0.25, 0.3) is 6.23 Å². The first kappa shape index (κ1) is 19.2. The lowest BCUT2D eigenvalue weighted by molar-refractivity contribution is -0.00455. The minimum atomic E-state index is -0.837. The average molecular weight is 437 g/mol. The Morgan fingerprint density at radius 2 is 1.70 bits per heavy atom. The standard InChI is InChI=1S/C24H18Cl2N2O2/c1-14-2-4-16(5-3-14)23(29)24-28-21(19-12-18(26)10-11-22(19)30-24)13-20(27-28)15-6-8-17(25)9-7-15/h2-12,21,24H,13H2,1H3/t21-,24-/m1/s1. The molecule has 0 unspecified atom stereocenters. The second-order valence-corrected chi connectivity index (χ2v) is 8.41. The van der Waals surface area contributed by atoms with Gasteiger partial charge in [0.15, 0.2) is 0 Å². The van der Waals surface area contributed by atoms with Crippen LogP contribution in [0.5, 0.6) is 5.75 Å². The van der Waals surface area contributed by atoms with Crippen molar-refractivity contribution in [2.75, 3.05) is 0 Å². The van der Waals surface area contributed by atoms with Gasteiger partial charge in [0.1, 0.15) is 5.75 Å². The van der Waals surface area contributed by atoms with Gasteiger partial charge in [0.2, 0.25) is 5.78 Å². The van der Waals surface area contributed by atoms with Crippen molar-refractivity contribution in [2.45, 2.75) is 25.6 Å². The van der Waals surface area contributed by atoms with Gasteiger partial charge in [0.05, 0.1) is 11.8 Å². The summed E-state index contributed by atoms with van der Waals surface area (Å²) in [5.74, 6) is 0.542. The molecule has 0 amide bonds. The van der Waals surface area contributed by atoms with E-state index in [1.807, 2.05) is 67.6 Å². The third-order valence-electron chi connectivity index (χ3n) is 5.49. The van der Waals surface area contributed by atoms with Crippen LogP contribution in [0.2, 0.25) is 10.0 Å². The van der Waals surface area contributed by atoms with Crippen molar-refractivity contribution in [1.29, 1.82) is 0 Å². The molecule has 30 heavy (non-hydrogen) atoms. The molecular formula is C24H18Cl2N2O2. The number of aryl methyl sites for hydroxylation is 1. The average Bonchev–Trinajstić information content (AvgIpc) is 3.19. The number of nitrogens with zero attached hydrogens (tertiary/aromatic N) is 2. The highest BCUT2D eigenvalue weighted by molar-refractivity contribution is 6.31. The molecular weight excluding hydrogens is 419 g/mol. The number of hydrazone groups is 1. The summed E-state index contributed by atoms with van der Waals surface area (Å²) in [7, 11) is 0. The second-order valence-electron chi connectivity index (χ2n) is 7.54. The Bertz CT molecular complexity index is 1160. The fourth-order valence-electron chi connectivity index (χ4n) is 3.91. The van der Waals surface area contributed by atoms with Gasteiger partial charge >= 0.3 is 0 Å². The maximum Gasteiger partial charge on any atom is 0.251 e. The lowest BCUT2D eigenvalue weighted by Crippen LogP contribution is -2.45. The number of ketones is 1. The van der Waals surface area contributed by atoms with Gasteiger partial charge in [-0.05, 0) is 42.8 Å². The quantitative estimate of drug-likeness (QED) is 0.468. The number of hydrogen-bond donors (Lipinski definition) is 0. The third-order valence-corrected chi connectivity index (χ3v) is 5.98. The van der Waals surface area contributed by atoms with Crippen LogP contribution in [0.4, 0.5) is 0 Å². The van der Waals surface area contributed by atoms with Crippen molar-refractivity contribution in [3.63, 3.8) is 0 Å². The number of carbonyl (C=O) groups excluding carboxylic acids is 1. The fraction of sp³-hybridized carbons (Fsp3) is 0.167. The number of ether oxygens (including phenoxy) is 1. The van der Waals surface area contributed by atoms with Gasteiger partial charge < -0.3 is 4.74 Å². The first-order valence-electron chi connectivity index (χ1n) is 9.68. The first-order valence-corrected chi connectivity index (χ1v) is 10.4. The van der Waals surface area contributed by atoms with Crippen LogP contribution in [0.3, 0.4) is 0 Å². The van der Waals surface area contributed by atoms with E-state index in [-0.39, 0.29) is 11.8 Å². The van der Waals surface area contributed by atoms with Gasteiger partial charge in [-0.25, -0.2) is 5.01 Å². The predicted octanol–water partition coefficient (Wildman–Crippen LogP) is 6.05. The van der Waals surface area contributed by atoms with Crippen molar-refractivity contribution in [2.24, 2.45) is 5.10 Å². The summed E-state index contributed by atoms with van der Waals surface area (Å²) < 4.78 is 6.14. The third kappa shape index (κ3) is 3.36. The van der Waals surface area contributed by atoms with E-state index in [1.165, 1.54) is 0 Å². The molecule has 0 aromatic heterocycles. The molecule has 2 atom stereocenters. The summed E-state index contributed by atoms with van der Waals surface area (Å²) in [6.07, 6.45) is -0.188. The molecule has 2 aliphatic heterocycles. The first-order chi connectivity index (χ1) is 14.5. The van der Waals surface area contributed by atoms with Crippen LogP contribution in [0.15, 0.2) is 71.8 Å². The molecule has 5 rings (SSSR count). The molecule has 0 saturated heterocycles. The number of rotatable bonds is 3. The van der Waals surface area contributed by atoms with Gasteiger partial charge in [-0.2, -0.15) is 5.10 Å². The molecule has 0 radical (unpaired) electrons. The van der Waals surface area contributed by atoms with E-state index < -0.39 is 6.23 Å². The summed E-state index contributed by atoms with van der Waals surface area (Å²) in [6.45, 7) is 1.99. The number of fused-ring (bicyclic) bond motifs is 3. The molecule has 2 aliphatic rings. The second kappa shape index (κ2) is 7.46. The van der Waals surface area contributed by atoms with E-state index in [0.717, 1.165) is 22.4 Å². The number of halogens is 2. The summed E-state index contributed by atoms with van der Waals surface area (Å²) in [5, 5.41) is 7.87. The molecule has 6 heteroatoms. The molecule has 0 saturated carbocycles. The van der Waals surface area contributed by atoms with Crippen molar-refractivity contribution in [3.8, 4) is 5.75 Å². The SMILES string of the molecule is Cc1ccc(C(=O)[C@H]2Oc3ccc(Cl)cc3[C@H]3CC(c4ccc(Cl)cc4)=NN23)cc1.